The number of fused-ring (bicyclic) bond motifs is 1. The van der Waals surface area contributed by atoms with E-state index in [9.17, 15) is 9.59 Å². The van der Waals surface area contributed by atoms with Gasteiger partial charge >= 0.3 is 0 Å². The van der Waals surface area contributed by atoms with Gasteiger partial charge in [-0.3, -0.25) is 9.59 Å². The van der Waals surface area contributed by atoms with Crippen LogP contribution in [0.15, 0.2) is 12.2 Å². The zero-order valence-electron chi connectivity index (χ0n) is 11.7. The summed E-state index contributed by atoms with van der Waals surface area (Å²) in [5, 5.41) is 2.93. The van der Waals surface area contributed by atoms with Crippen molar-refractivity contribution in [2.75, 3.05) is 12.5 Å². The molecule has 0 bridgehead atoms. The summed E-state index contributed by atoms with van der Waals surface area (Å²) in [6.07, 6.45) is 7.51. The van der Waals surface area contributed by atoms with Gasteiger partial charge in [0.15, 0.2) is 11.3 Å². The highest BCUT2D eigenvalue weighted by molar-refractivity contribution is 6.18. The number of amides is 1. The second-order valence-electron chi connectivity index (χ2n) is 6.15. The fraction of sp³-hybridized carbons (Fsp3) is 0.733. The molecule has 2 saturated heterocycles. The van der Waals surface area contributed by atoms with Crippen LogP contribution in [0.4, 0.5) is 0 Å². The quantitative estimate of drug-likeness (QED) is 0.636. The van der Waals surface area contributed by atoms with Crippen molar-refractivity contribution in [2.45, 2.75) is 43.7 Å². The summed E-state index contributed by atoms with van der Waals surface area (Å²) in [7, 11) is 0. The highest BCUT2D eigenvalue weighted by atomic mass is 35.5. The number of carbonyl (C=O) groups is 2. The molecule has 3 rings (SSSR count). The van der Waals surface area contributed by atoms with Crippen molar-refractivity contribution in [3.05, 3.63) is 12.2 Å². The highest BCUT2D eigenvalue weighted by Gasteiger charge is 2.72. The van der Waals surface area contributed by atoms with Crippen molar-refractivity contribution in [1.82, 2.24) is 5.32 Å². The molecular weight excluding hydrogens is 278 g/mol. The summed E-state index contributed by atoms with van der Waals surface area (Å²) < 4.78 is 5.71. The Labute approximate surface area is 123 Å². The molecule has 0 spiro atoms. The predicted octanol–water partition coefficient (Wildman–Crippen LogP) is 1.81. The summed E-state index contributed by atoms with van der Waals surface area (Å²) in [6.45, 7) is 2.16. The summed E-state index contributed by atoms with van der Waals surface area (Å²) in [4.78, 5) is 25.1. The molecule has 20 heavy (non-hydrogen) atoms. The van der Waals surface area contributed by atoms with Gasteiger partial charge in [0.25, 0.3) is 0 Å². The molecule has 1 amide bonds. The lowest BCUT2D eigenvalue weighted by atomic mass is 9.66. The van der Waals surface area contributed by atoms with E-state index in [0.717, 1.165) is 19.3 Å². The minimum absolute atomic E-state index is 0.0953. The number of alkyl halides is 1. The molecule has 0 aromatic rings. The molecule has 0 aromatic carbocycles. The van der Waals surface area contributed by atoms with E-state index in [-0.39, 0.29) is 30.1 Å². The van der Waals surface area contributed by atoms with E-state index in [2.05, 4.69) is 11.4 Å². The normalized spacial score (nSPS) is 42.8. The molecule has 2 fully saturated rings. The molecule has 0 aromatic heterocycles. The van der Waals surface area contributed by atoms with Crippen LogP contribution in [-0.4, -0.2) is 35.3 Å². The van der Waals surface area contributed by atoms with Crippen LogP contribution in [-0.2, 0) is 14.3 Å². The monoisotopic (exact) mass is 297 g/mol. The van der Waals surface area contributed by atoms with E-state index in [1.807, 2.05) is 13.0 Å². The van der Waals surface area contributed by atoms with Crippen molar-refractivity contribution in [3.63, 3.8) is 0 Å². The first-order chi connectivity index (χ1) is 9.55. The average molecular weight is 298 g/mol. The minimum atomic E-state index is -0.840. The van der Waals surface area contributed by atoms with Crippen molar-refractivity contribution in [3.8, 4) is 0 Å². The molecule has 4 atom stereocenters. The Morgan fingerprint density at radius 1 is 1.60 bits per heavy atom. The average Bonchev–Trinajstić information content (AvgIpc) is 2.61. The minimum Gasteiger partial charge on any atom is -0.368 e. The maximum absolute atomic E-state index is 12.9. The van der Waals surface area contributed by atoms with Gasteiger partial charge in [-0.15, -0.1) is 11.6 Å². The number of nitrogens with one attached hydrogen (secondary N) is 1. The van der Waals surface area contributed by atoms with E-state index in [4.69, 9.17) is 16.3 Å². The molecular formula is C15H20ClNO3. The topological polar surface area (TPSA) is 55.4 Å². The van der Waals surface area contributed by atoms with Crippen LogP contribution in [0.3, 0.4) is 0 Å². The number of halogens is 1. The standard InChI is InChI=1S/C15H20ClNO3/c1-14-11(7-8-16)13(19)17-15(14,9-20-14)12(18)10-5-3-2-4-6-10/h3,5,10-11H,2,4,6-9H2,1H3,(H,17,19)/t10?,11-,14-,15+/m0/s1. The Kier molecular flexibility index (Phi) is 3.41. The van der Waals surface area contributed by atoms with Gasteiger partial charge in [-0.05, 0) is 32.6 Å². The number of hydrogen-bond acceptors (Lipinski definition) is 3. The Hall–Kier alpha value is -0.870. The van der Waals surface area contributed by atoms with Gasteiger partial charge in [-0.25, -0.2) is 0 Å². The lowest BCUT2D eigenvalue weighted by Gasteiger charge is -2.53. The van der Waals surface area contributed by atoms with Gasteiger partial charge in [-0.1, -0.05) is 12.2 Å². The molecule has 0 saturated carbocycles. The van der Waals surface area contributed by atoms with E-state index in [1.165, 1.54) is 0 Å². The number of ether oxygens (including phenoxy) is 1. The first-order valence-corrected chi connectivity index (χ1v) is 7.81. The van der Waals surface area contributed by atoms with Gasteiger partial charge in [0, 0.05) is 11.8 Å². The van der Waals surface area contributed by atoms with Crippen molar-refractivity contribution < 1.29 is 14.3 Å². The van der Waals surface area contributed by atoms with Gasteiger partial charge in [0.1, 0.15) is 5.60 Å². The Bertz CT molecular complexity index is 478. The number of hydrogen-bond donors (Lipinski definition) is 1. The molecule has 1 unspecified atom stereocenters. The molecule has 5 heteroatoms. The third-order valence-electron chi connectivity index (χ3n) is 5.16. The lowest BCUT2D eigenvalue weighted by Crippen LogP contribution is -2.75. The van der Waals surface area contributed by atoms with Crippen LogP contribution in [0, 0.1) is 11.8 Å². The van der Waals surface area contributed by atoms with Gasteiger partial charge in [-0.2, -0.15) is 0 Å². The second-order valence-corrected chi connectivity index (χ2v) is 6.53. The van der Waals surface area contributed by atoms with E-state index in [1.54, 1.807) is 0 Å². The molecule has 2 heterocycles. The summed E-state index contributed by atoms with van der Waals surface area (Å²) in [5.41, 5.74) is -1.57. The smallest absolute Gasteiger partial charge is 0.227 e. The first-order valence-electron chi connectivity index (χ1n) is 7.28. The third kappa shape index (κ3) is 1.70. The molecule has 110 valence electrons. The maximum Gasteiger partial charge on any atom is 0.227 e. The first kappa shape index (κ1) is 14.1. The Morgan fingerprint density at radius 3 is 2.95 bits per heavy atom. The van der Waals surface area contributed by atoms with Crippen molar-refractivity contribution in [2.24, 2.45) is 11.8 Å². The van der Waals surface area contributed by atoms with Gasteiger partial charge in [0.05, 0.1) is 12.5 Å². The Morgan fingerprint density at radius 2 is 2.40 bits per heavy atom. The van der Waals surface area contributed by atoms with Gasteiger partial charge in [0.2, 0.25) is 5.91 Å². The molecule has 0 radical (unpaired) electrons. The van der Waals surface area contributed by atoms with Crippen LogP contribution in [0.5, 0.6) is 0 Å². The molecule has 1 aliphatic carbocycles. The second kappa shape index (κ2) is 4.85. The zero-order chi connectivity index (χ0) is 14.4. The number of carbonyl (C=O) groups excluding carboxylic acids is 2. The zero-order valence-corrected chi connectivity index (χ0v) is 12.4. The molecule has 4 nitrogen and oxygen atoms in total. The van der Waals surface area contributed by atoms with Crippen LogP contribution < -0.4 is 5.32 Å². The maximum atomic E-state index is 12.9. The van der Waals surface area contributed by atoms with Crippen LogP contribution >= 0.6 is 11.6 Å². The summed E-state index contributed by atoms with van der Waals surface area (Å²) in [6, 6.07) is 0. The van der Waals surface area contributed by atoms with E-state index in [0.29, 0.717) is 12.3 Å². The number of Topliss-reactive ketones (excluding diaryl/α,β-unsaturated/α-hetero) is 1. The third-order valence-corrected chi connectivity index (χ3v) is 5.38. The van der Waals surface area contributed by atoms with E-state index >= 15 is 0 Å². The fourth-order valence-corrected chi connectivity index (χ4v) is 4.01. The molecule has 3 aliphatic rings. The summed E-state index contributed by atoms with van der Waals surface area (Å²) in [5.74, 6) is -0.0244. The lowest BCUT2D eigenvalue weighted by molar-refractivity contribution is -0.217. The number of allylic oxidation sites excluding steroid dienone is 2. The Balaban J connectivity index is 1.88. The molecule has 2 aliphatic heterocycles. The van der Waals surface area contributed by atoms with Crippen molar-refractivity contribution in [1.29, 1.82) is 0 Å². The van der Waals surface area contributed by atoms with Crippen LogP contribution in [0.2, 0.25) is 0 Å². The molecule has 1 N–H and O–H groups in total. The van der Waals surface area contributed by atoms with Gasteiger partial charge < -0.3 is 10.1 Å². The van der Waals surface area contributed by atoms with Crippen LogP contribution in [0.1, 0.15) is 32.6 Å². The SMILES string of the molecule is C[C@@]12OC[C@]1(C(=O)C1C=CCCC1)NC(=O)[C@@H]2CCCl. The highest BCUT2D eigenvalue weighted by Crippen LogP contribution is 2.50. The van der Waals surface area contributed by atoms with E-state index < -0.39 is 11.1 Å². The predicted molar refractivity (Wildman–Crippen MR) is 75.5 cm³/mol. The fourth-order valence-electron chi connectivity index (χ4n) is 3.79. The number of ketones is 1. The van der Waals surface area contributed by atoms with Crippen LogP contribution in [0.25, 0.3) is 0 Å². The largest absolute Gasteiger partial charge is 0.368 e. The number of rotatable bonds is 4. The summed E-state index contributed by atoms with van der Waals surface area (Å²) >= 11 is 5.79. The van der Waals surface area contributed by atoms with Crippen molar-refractivity contribution >= 4 is 23.3 Å².